The molecule has 0 radical (unpaired) electrons. The van der Waals surface area contributed by atoms with Gasteiger partial charge in [0.05, 0.1) is 12.2 Å². The maximum atomic E-state index is 13.0. The van der Waals surface area contributed by atoms with Crippen LogP contribution in [-0.2, 0) is 6.54 Å². The average Bonchev–Trinajstić information content (AvgIpc) is 2.26. The third kappa shape index (κ3) is 1.36. The maximum absolute atomic E-state index is 13.0. The van der Waals surface area contributed by atoms with Crippen molar-refractivity contribution in [3.8, 4) is 0 Å². The second-order valence-corrected chi connectivity index (χ2v) is 3.57. The van der Waals surface area contributed by atoms with E-state index in [1.54, 1.807) is 12.1 Å². The highest BCUT2D eigenvalue weighted by atomic mass is 19.1. The number of benzene rings is 1. The second kappa shape index (κ2) is 3.05. The standard InChI is InChI=1S/C12H9FN2/c13-10-4-5-11-9(7-10)8-15-6-2-1-3-12(15)14-11/h1-7H,8H2. The lowest BCUT2D eigenvalue weighted by atomic mass is 10.1. The van der Waals surface area contributed by atoms with Gasteiger partial charge in [0.15, 0.2) is 0 Å². The molecule has 0 bridgehead atoms. The van der Waals surface area contributed by atoms with Crippen molar-refractivity contribution in [3.05, 3.63) is 54.0 Å². The van der Waals surface area contributed by atoms with Crippen LogP contribution in [0, 0.1) is 5.82 Å². The van der Waals surface area contributed by atoms with Crippen LogP contribution < -0.4 is 0 Å². The third-order valence-electron chi connectivity index (χ3n) is 2.53. The van der Waals surface area contributed by atoms with Gasteiger partial charge < -0.3 is 4.90 Å². The molecule has 0 amide bonds. The van der Waals surface area contributed by atoms with Gasteiger partial charge in [-0.15, -0.1) is 0 Å². The van der Waals surface area contributed by atoms with E-state index < -0.39 is 0 Å². The van der Waals surface area contributed by atoms with Crippen LogP contribution >= 0.6 is 0 Å². The number of allylic oxidation sites excluding steroid dienone is 2. The molecule has 0 saturated carbocycles. The molecule has 3 rings (SSSR count). The minimum Gasteiger partial charge on any atom is -0.329 e. The fourth-order valence-electron chi connectivity index (χ4n) is 1.80. The Kier molecular flexibility index (Phi) is 1.71. The highest BCUT2D eigenvalue weighted by Crippen LogP contribution is 2.28. The van der Waals surface area contributed by atoms with E-state index in [1.165, 1.54) is 6.07 Å². The quantitative estimate of drug-likeness (QED) is 0.628. The van der Waals surface area contributed by atoms with Crippen LogP contribution in [0.25, 0.3) is 0 Å². The van der Waals surface area contributed by atoms with Crippen LogP contribution in [0.5, 0.6) is 0 Å². The Morgan fingerprint density at radius 3 is 3.13 bits per heavy atom. The number of hydrogen-bond acceptors (Lipinski definition) is 2. The minimum atomic E-state index is -0.205. The van der Waals surface area contributed by atoms with Gasteiger partial charge in [-0.3, -0.25) is 0 Å². The molecule has 2 aliphatic heterocycles. The molecule has 0 N–H and O–H groups in total. The van der Waals surface area contributed by atoms with Gasteiger partial charge in [0.2, 0.25) is 0 Å². The molecule has 0 aliphatic carbocycles. The number of rotatable bonds is 0. The monoisotopic (exact) mass is 200 g/mol. The summed E-state index contributed by atoms with van der Waals surface area (Å²) in [6.07, 6.45) is 7.80. The number of halogens is 1. The zero-order valence-corrected chi connectivity index (χ0v) is 8.02. The number of aliphatic imine (C=N–C) groups is 1. The fraction of sp³-hybridized carbons (Fsp3) is 0.0833. The molecule has 0 aromatic heterocycles. The lowest BCUT2D eigenvalue weighted by molar-refractivity contribution is 0.539. The van der Waals surface area contributed by atoms with Crippen molar-refractivity contribution in [2.24, 2.45) is 4.99 Å². The van der Waals surface area contributed by atoms with Gasteiger partial charge in [-0.1, -0.05) is 6.08 Å². The molecule has 0 saturated heterocycles. The summed E-state index contributed by atoms with van der Waals surface area (Å²) in [6, 6.07) is 4.71. The summed E-state index contributed by atoms with van der Waals surface area (Å²) in [5.41, 5.74) is 1.79. The van der Waals surface area contributed by atoms with Crippen molar-refractivity contribution in [2.45, 2.75) is 6.54 Å². The minimum absolute atomic E-state index is 0.205. The van der Waals surface area contributed by atoms with E-state index in [9.17, 15) is 4.39 Å². The summed E-state index contributed by atoms with van der Waals surface area (Å²) in [5.74, 6) is 0.709. The molecule has 0 fully saturated rings. The Hall–Kier alpha value is -1.90. The average molecular weight is 200 g/mol. The Bertz CT molecular complexity index is 500. The summed E-state index contributed by atoms with van der Waals surface area (Å²) in [7, 11) is 0. The molecule has 2 aliphatic rings. The predicted molar refractivity (Wildman–Crippen MR) is 57.3 cm³/mol. The van der Waals surface area contributed by atoms with Gasteiger partial charge >= 0.3 is 0 Å². The van der Waals surface area contributed by atoms with Crippen LogP contribution in [0.3, 0.4) is 0 Å². The van der Waals surface area contributed by atoms with Crippen molar-refractivity contribution >= 4 is 11.5 Å². The molecular weight excluding hydrogens is 191 g/mol. The summed E-state index contributed by atoms with van der Waals surface area (Å²) in [4.78, 5) is 6.45. The van der Waals surface area contributed by atoms with Gasteiger partial charge in [-0.05, 0) is 30.4 Å². The first kappa shape index (κ1) is 8.41. The van der Waals surface area contributed by atoms with E-state index in [2.05, 4.69) is 4.99 Å². The fourth-order valence-corrected chi connectivity index (χ4v) is 1.80. The van der Waals surface area contributed by atoms with E-state index >= 15 is 0 Å². The van der Waals surface area contributed by atoms with Crippen LogP contribution in [0.2, 0.25) is 0 Å². The maximum Gasteiger partial charge on any atom is 0.133 e. The van der Waals surface area contributed by atoms with E-state index in [1.807, 2.05) is 29.3 Å². The molecule has 3 heteroatoms. The topological polar surface area (TPSA) is 15.6 Å². The third-order valence-corrected chi connectivity index (χ3v) is 2.53. The molecule has 15 heavy (non-hydrogen) atoms. The lowest BCUT2D eigenvalue weighted by Crippen LogP contribution is -2.27. The molecular formula is C12H9FN2. The van der Waals surface area contributed by atoms with Crippen molar-refractivity contribution in [1.82, 2.24) is 4.90 Å². The number of amidine groups is 1. The highest BCUT2D eigenvalue weighted by Gasteiger charge is 2.17. The summed E-state index contributed by atoms with van der Waals surface area (Å²) < 4.78 is 13.0. The first-order chi connectivity index (χ1) is 7.33. The van der Waals surface area contributed by atoms with Crippen LogP contribution in [0.15, 0.2) is 47.6 Å². The molecule has 2 heterocycles. The molecule has 2 nitrogen and oxygen atoms in total. The van der Waals surface area contributed by atoms with Gasteiger partial charge in [-0.2, -0.15) is 0 Å². The lowest BCUT2D eigenvalue weighted by Gasteiger charge is -2.27. The van der Waals surface area contributed by atoms with Gasteiger partial charge in [0.1, 0.15) is 11.7 Å². The van der Waals surface area contributed by atoms with Crippen LogP contribution in [-0.4, -0.2) is 10.7 Å². The van der Waals surface area contributed by atoms with Crippen LogP contribution in [0.1, 0.15) is 5.56 Å². The van der Waals surface area contributed by atoms with Crippen LogP contribution in [0.4, 0.5) is 10.1 Å². The Labute approximate surface area is 87.1 Å². The summed E-state index contributed by atoms with van der Waals surface area (Å²) in [6.45, 7) is 0.687. The largest absolute Gasteiger partial charge is 0.329 e. The first-order valence-corrected chi connectivity index (χ1v) is 4.81. The molecule has 0 spiro atoms. The molecule has 0 unspecified atom stereocenters. The Balaban J connectivity index is 2.12. The van der Waals surface area contributed by atoms with Crippen molar-refractivity contribution in [1.29, 1.82) is 0 Å². The normalized spacial score (nSPS) is 17.1. The van der Waals surface area contributed by atoms with Gasteiger partial charge in [0.25, 0.3) is 0 Å². The number of nitrogens with zero attached hydrogens (tertiary/aromatic N) is 2. The first-order valence-electron chi connectivity index (χ1n) is 4.81. The van der Waals surface area contributed by atoms with E-state index in [4.69, 9.17) is 0 Å². The van der Waals surface area contributed by atoms with Gasteiger partial charge in [-0.25, -0.2) is 9.38 Å². The highest BCUT2D eigenvalue weighted by molar-refractivity contribution is 5.97. The number of hydrogen-bond donors (Lipinski definition) is 0. The second-order valence-electron chi connectivity index (χ2n) is 3.57. The smallest absolute Gasteiger partial charge is 0.133 e. The van der Waals surface area contributed by atoms with Gasteiger partial charge in [0, 0.05) is 11.8 Å². The summed E-state index contributed by atoms with van der Waals surface area (Å²) >= 11 is 0. The molecule has 74 valence electrons. The van der Waals surface area contributed by atoms with Crippen molar-refractivity contribution in [3.63, 3.8) is 0 Å². The predicted octanol–water partition coefficient (Wildman–Crippen LogP) is 2.75. The number of fused-ring (bicyclic) bond motifs is 2. The zero-order valence-electron chi connectivity index (χ0n) is 8.02. The summed E-state index contributed by atoms with van der Waals surface area (Å²) in [5, 5.41) is 0. The van der Waals surface area contributed by atoms with Crippen molar-refractivity contribution < 1.29 is 4.39 Å². The molecule has 0 atom stereocenters. The van der Waals surface area contributed by atoms with E-state index in [-0.39, 0.29) is 5.82 Å². The van der Waals surface area contributed by atoms with E-state index in [0.717, 1.165) is 17.1 Å². The Morgan fingerprint density at radius 1 is 1.27 bits per heavy atom. The zero-order chi connectivity index (χ0) is 10.3. The van der Waals surface area contributed by atoms with E-state index in [0.29, 0.717) is 6.54 Å². The molecule has 1 aromatic rings. The van der Waals surface area contributed by atoms with Crippen molar-refractivity contribution in [2.75, 3.05) is 0 Å². The SMILES string of the molecule is Fc1ccc2c(c1)CN1C=CC=CC1=N2. The molecule has 1 aromatic carbocycles. The Morgan fingerprint density at radius 2 is 2.20 bits per heavy atom.